The SMILES string of the molecule is CC(NC(=O)c1cc(C(C)C)nc2c1cnn2C(C)C)C(=O)N1CCCC1. The molecule has 0 aliphatic carbocycles. The van der Waals surface area contributed by atoms with E-state index in [0.717, 1.165) is 31.6 Å². The van der Waals surface area contributed by atoms with E-state index in [9.17, 15) is 9.59 Å². The van der Waals surface area contributed by atoms with Crippen LogP contribution < -0.4 is 5.32 Å². The second-order valence-electron chi connectivity index (χ2n) is 7.90. The molecule has 0 radical (unpaired) electrons. The number of hydrogen-bond donors (Lipinski definition) is 1. The van der Waals surface area contributed by atoms with E-state index in [0.29, 0.717) is 16.6 Å². The van der Waals surface area contributed by atoms with Crippen LogP contribution in [0.5, 0.6) is 0 Å². The Balaban J connectivity index is 1.92. The molecule has 0 spiro atoms. The maximum absolute atomic E-state index is 13.0. The lowest BCUT2D eigenvalue weighted by molar-refractivity contribution is -0.131. The van der Waals surface area contributed by atoms with Crippen LogP contribution in [0.4, 0.5) is 0 Å². The van der Waals surface area contributed by atoms with Crippen LogP contribution >= 0.6 is 0 Å². The Morgan fingerprint density at radius 3 is 2.37 bits per heavy atom. The van der Waals surface area contributed by atoms with Crippen molar-refractivity contribution in [2.75, 3.05) is 13.1 Å². The van der Waals surface area contributed by atoms with Crippen LogP contribution in [-0.2, 0) is 4.79 Å². The van der Waals surface area contributed by atoms with Crippen LogP contribution in [0.2, 0.25) is 0 Å². The molecule has 1 atom stereocenters. The average Bonchev–Trinajstić information content (AvgIpc) is 3.29. The summed E-state index contributed by atoms with van der Waals surface area (Å²) in [7, 11) is 0. The Bertz CT molecular complexity index is 849. The van der Waals surface area contributed by atoms with Crippen molar-refractivity contribution in [3.63, 3.8) is 0 Å². The first-order valence-electron chi connectivity index (χ1n) is 9.77. The third-order valence-corrected chi connectivity index (χ3v) is 5.05. The molecule has 1 fully saturated rings. The number of fused-ring (bicyclic) bond motifs is 1. The molecule has 27 heavy (non-hydrogen) atoms. The first-order chi connectivity index (χ1) is 12.8. The topological polar surface area (TPSA) is 80.1 Å². The maximum atomic E-state index is 13.0. The summed E-state index contributed by atoms with van der Waals surface area (Å²) in [5.41, 5.74) is 2.07. The largest absolute Gasteiger partial charge is 0.341 e. The number of rotatable bonds is 5. The molecule has 1 aliphatic heterocycles. The molecule has 3 rings (SSSR count). The number of amides is 2. The van der Waals surface area contributed by atoms with E-state index in [1.54, 1.807) is 13.1 Å². The van der Waals surface area contributed by atoms with Gasteiger partial charge in [-0.25, -0.2) is 9.67 Å². The summed E-state index contributed by atoms with van der Waals surface area (Å²) in [5.74, 6) is -0.0964. The number of hydrogen-bond acceptors (Lipinski definition) is 4. The molecule has 0 bridgehead atoms. The molecule has 2 aromatic rings. The van der Waals surface area contributed by atoms with Gasteiger partial charge in [0.15, 0.2) is 5.65 Å². The van der Waals surface area contributed by atoms with Crippen LogP contribution in [0, 0.1) is 0 Å². The van der Waals surface area contributed by atoms with Gasteiger partial charge in [-0.05, 0) is 45.6 Å². The van der Waals surface area contributed by atoms with Crippen molar-refractivity contribution in [2.24, 2.45) is 0 Å². The highest BCUT2D eigenvalue weighted by atomic mass is 16.2. The van der Waals surface area contributed by atoms with E-state index in [-0.39, 0.29) is 23.8 Å². The summed E-state index contributed by atoms with van der Waals surface area (Å²) >= 11 is 0. The third kappa shape index (κ3) is 3.82. The Morgan fingerprint density at radius 2 is 1.78 bits per heavy atom. The van der Waals surface area contributed by atoms with E-state index in [1.807, 2.05) is 43.3 Å². The molecule has 146 valence electrons. The Kier molecular flexibility index (Phi) is 5.48. The van der Waals surface area contributed by atoms with E-state index < -0.39 is 6.04 Å². The van der Waals surface area contributed by atoms with Crippen LogP contribution in [0.25, 0.3) is 11.0 Å². The van der Waals surface area contributed by atoms with Crippen molar-refractivity contribution >= 4 is 22.8 Å². The summed E-state index contributed by atoms with van der Waals surface area (Å²) in [6, 6.07) is 1.41. The third-order valence-electron chi connectivity index (χ3n) is 5.05. The van der Waals surface area contributed by atoms with Gasteiger partial charge in [0.2, 0.25) is 5.91 Å². The number of aromatic nitrogens is 3. The smallest absolute Gasteiger partial charge is 0.252 e. The van der Waals surface area contributed by atoms with E-state index in [4.69, 9.17) is 4.98 Å². The van der Waals surface area contributed by atoms with Crippen LogP contribution in [-0.4, -0.2) is 50.6 Å². The molecule has 1 saturated heterocycles. The number of nitrogens with one attached hydrogen (secondary N) is 1. The van der Waals surface area contributed by atoms with E-state index in [2.05, 4.69) is 10.4 Å². The van der Waals surface area contributed by atoms with Gasteiger partial charge >= 0.3 is 0 Å². The predicted octanol–water partition coefficient (Wildman–Crippen LogP) is 2.88. The summed E-state index contributed by atoms with van der Waals surface area (Å²) in [4.78, 5) is 32.1. The lowest BCUT2D eigenvalue weighted by Gasteiger charge is -2.21. The second-order valence-corrected chi connectivity index (χ2v) is 7.90. The van der Waals surface area contributed by atoms with Gasteiger partial charge in [-0.1, -0.05) is 13.8 Å². The van der Waals surface area contributed by atoms with Crippen molar-refractivity contribution in [3.8, 4) is 0 Å². The van der Waals surface area contributed by atoms with Gasteiger partial charge in [0.25, 0.3) is 5.91 Å². The fourth-order valence-electron chi connectivity index (χ4n) is 3.45. The summed E-state index contributed by atoms with van der Waals surface area (Å²) in [5, 5.41) is 8.00. The highest BCUT2D eigenvalue weighted by molar-refractivity contribution is 6.06. The number of carbonyl (C=O) groups excluding carboxylic acids is 2. The first-order valence-corrected chi connectivity index (χ1v) is 9.77. The number of nitrogens with zero attached hydrogens (tertiary/aromatic N) is 4. The molecular weight excluding hydrogens is 342 g/mol. The zero-order valence-electron chi connectivity index (χ0n) is 16.8. The normalized spacial score (nSPS) is 15.7. The van der Waals surface area contributed by atoms with Gasteiger partial charge in [0.1, 0.15) is 6.04 Å². The molecule has 1 aliphatic rings. The molecular formula is C20H29N5O2. The lowest BCUT2D eigenvalue weighted by Crippen LogP contribution is -2.46. The fraction of sp³-hybridized carbons (Fsp3) is 0.600. The van der Waals surface area contributed by atoms with Gasteiger partial charge in [0.05, 0.1) is 17.1 Å². The summed E-state index contributed by atoms with van der Waals surface area (Å²) < 4.78 is 1.83. The minimum absolute atomic E-state index is 0.0203. The zero-order valence-corrected chi connectivity index (χ0v) is 16.8. The predicted molar refractivity (Wildman–Crippen MR) is 105 cm³/mol. The summed E-state index contributed by atoms with van der Waals surface area (Å²) in [6.45, 7) is 11.5. The van der Waals surface area contributed by atoms with E-state index in [1.165, 1.54) is 0 Å². The van der Waals surface area contributed by atoms with Crippen molar-refractivity contribution < 1.29 is 9.59 Å². The molecule has 2 aromatic heterocycles. The number of carbonyl (C=O) groups is 2. The molecule has 2 amide bonds. The van der Waals surface area contributed by atoms with Crippen LogP contribution in [0.1, 0.15) is 75.5 Å². The molecule has 1 unspecified atom stereocenters. The molecule has 0 aromatic carbocycles. The molecule has 1 N–H and O–H groups in total. The van der Waals surface area contributed by atoms with Gasteiger partial charge in [-0.3, -0.25) is 9.59 Å². The lowest BCUT2D eigenvalue weighted by atomic mass is 10.0. The Morgan fingerprint density at radius 1 is 1.11 bits per heavy atom. The quantitative estimate of drug-likeness (QED) is 0.876. The highest BCUT2D eigenvalue weighted by Crippen LogP contribution is 2.24. The monoisotopic (exact) mass is 371 g/mol. The van der Waals surface area contributed by atoms with Crippen molar-refractivity contribution in [2.45, 2.75) is 65.5 Å². The highest BCUT2D eigenvalue weighted by Gasteiger charge is 2.26. The zero-order chi connectivity index (χ0) is 19.7. The van der Waals surface area contributed by atoms with Gasteiger partial charge in [-0.15, -0.1) is 0 Å². The van der Waals surface area contributed by atoms with Crippen molar-refractivity contribution in [1.29, 1.82) is 0 Å². The van der Waals surface area contributed by atoms with Crippen LogP contribution in [0.3, 0.4) is 0 Å². The minimum atomic E-state index is -0.554. The van der Waals surface area contributed by atoms with Crippen LogP contribution in [0.15, 0.2) is 12.3 Å². The molecule has 0 saturated carbocycles. The number of pyridine rings is 1. The van der Waals surface area contributed by atoms with Gasteiger partial charge < -0.3 is 10.2 Å². The Hall–Kier alpha value is -2.44. The van der Waals surface area contributed by atoms with E-state index >= 15 is 0 Å². The van der Waals surface area contributed by atoms with Gasteiger partial charge in [-0.2, -0.15) is 5.10 Å². The molecule has 7 nitrogen and oxygen atoms in total. The first kappa shape index (κ1) is 19.3. The minimum Gasteiger partial charge on any atom is -0.341 e. The Labute approximate surface area is 160 Å². The molecule has 3 heterocycles. The van der Waals surface area contributed by atoms with Gasteiger partial charge in [0, 0.05) is 24.8 Å². The maximum Gasteiger partial charge on any atom is 0.252 e. The second kappa shape index (κ2) is 7.66. The average molecular weight is 371 g/mol. The summed E-state index contributed by atoms with van der Waals surface area (Å²) in [6.07, 6.45) is 3.75. The molecule has 7 heteroatoms. The van der Waals surface area contributed by atoms with Crippen molar-refractivity contribution in [3.05, 3.63) is 23.5 Å². The number of likely N-dealkylation sites (tertiary alicyclic amines) is 1. The standard InChI is InChI=1S/C20H29N5O2/c1-12(2)17-10-15(16-11-21-25(13(3)4)18(16)23-17)19(26)22-14(5)20(27)24-8-6-7-9-24/h10-14H,6-9H2,1-5H3,(H,22,26). The fourth-order valence-corrected chi connectivity index (χ4v) is 3.45. The van der Waals surface area contributed by atoms with Crippen molar-refractivity contribution in [1.82, 2.24) is 25.0 Å².